The van der Waals surface area contributed by atoms with Gasteiger partial charge in [0.15, 0.2) is 5.69 Å². The summed E-state index contributed by atoms with van der Waals surface area (Å²) in [5, 5.41) is 6.03. The zero-order valence-electron chi connectivity index (χ0n) is 14.8. The van der Waals surface area contributed by atoms with Gasteiger partial charge < -0.3 is 4.90 Å². The summed E-state index contributed by atoms with van der Waals surface area (Å²) >= 11 is 6.24. The first kappa shape index (κ1) is 18.1. The summed E-state index contributed by atoms with van der Waals surface area (Å²) in [6, 6.07) is 14.5. The highest BCUT2D eigenvalue weighted by Crippen LogP contribution is 2.20. The fraction of sp³-hybridized carbons (Fsp3) is 0.250. The van der Waals surface area contributed by atoms with Gasteiger partial charge in [0.1, 0.15) is 0 Å². The molecule has 5 nitrogen and oxygen atoms in total. The first-order valence-corrected chi connectivity index (χ1v) is 8.97. The molecule has 0 unspecified atom stereocenters. The lowest BCUT2D eigenvalue weighted by Crippen LogP contribution is -2.34. The number of rotatable bonds is 5. The van der Waals surface area contributed by atoms with E-state index >= 15 is 0 Å². The van der Waals surface area contributed by atoms with Gasteiger partial charge in [-0.05, 0) is 31.5 Å². The number of amides is 1. The average molecular weight is 370 g/mol. The maximum Gasteiger partial charge on any atom is 0.275 e. The van der Waals surface area contributed by atoms with Gasteiger partial charge in [0.25, 0.3) is 11.5 Å². The highest BCUT2D eigenvalue weighted by Gasteiger charge is 2.21. The van der Waals surface area contributed by atoms with E-state index in [0.29, 0.717) is 35.4 Å². The van der Waals surface area contributed by atoms with Gasteiger partial charge in [-0.2, -0.15) is 5.10 Å². The van der Waals surface area contributed by atoms with E-state index in [1.807, 2.05) is 32.0 Å². The Hall–Kier alpha value is -2.66. The van der Waals surface area contributed by atoms with Crippen LogP contribution < -0.4 is 5.56 Å². The molecule has 0 saturated carbocycles. The molecule has 3 aromatic rings. The Bertz CT molecular complexity index is 1010. The minimum Gasteiger partial charge on any atom is -0.333 e. The molecule has 134 valence electrons. The molecule has 0 aliphatic heterocycles. The number of halogens is 1. The minimum absolute atomic E-state index is 0.186. The van der Waals surface area contributed by atoms with Crippen molar-refractivity contribution in [1.29, 1.82) is 0 Å². The van der Waals surface area contributed by atoms with Crippen molar-refractivity contribution >= 4 is 28.3 Å². The Morgan fingerprint density at radius 3 is 2.38 bits per heavy atom. The Balaban J connectivity index is 2.07. The standard InChI is InChI=1S/C20H20ClN3O2/c1-3-23(13-14-9-5-8-12-17(14)21)20(26)18-15-10-6-7-11-16(15)19(25)24(4-2)22-18/h5-12H,3-4,13H2,1-2H3. The summed E-state index contributed by atoms with van der Waals surface area (Å²) in [5.41, 5.74) is 0.974. The van der Waals surface area contributed by atoms with Crippen LogP contribution in [0.1, 0.15) is 29.9 Å². The van der Waals surface area contributed by atoms with Crippen LogP contribution in [0.5, 0.6) is 0 Å². The van der Waals surface area contributed by atoms with Gasteiger partial charge in [0.05, 0.1) is 5.39 Å². The predicted molar refractivity (Wildman–Crippen MR) is 104 cm³/mol. The van der Waals surface area contributed by atoms with Crippen LogP contribution >= 0.6 is 11.6 Å². The van der Waals surface area contributed by atoms with Crippen molar-refractivity contribution in [3.8, 4) is 0 Å². The Labute approximate surface area is 156 Å². The van der Waals surface area contributed by atoms with Crippen LogP contribution in [-0.4, -0.2) is 27.1 Å². The van der Waals surface area contributed by atoms with Gasteiger partial charge in [0, 0.05) is 30.0 Å². The predicted octanol–water partition coefficient (Wildman–Crippen LogP) is 3.73. The molecule has 0 atom stereocenters. The molecule has 0 radical (unpaired) electrons. The number of hydrogen-bond donors (Lipinski definition) is 0. The number of nitrogens with zero attached hydrogens (tertiary/aromatic N) is 3. The average Bonchev–Trinajstić information content (AvgIpc) is 2.67. The van der Waals surface area contributed by atoms with Crippen molar-refractivity contribution in [2.24, 2.45) is 0 Å². The molecule has 26 heavy (non-hydrogen) atoms. The van der Waals surface area contributed by atoms with Gasteiger partial charge in [-0.1, -0.05) is 48.0 Å². The van der Waals surface area contributed by atoms with Crippen LogP contribution in [0.3, 0.4) is 0 Å². The van der Waals surface area contributed by atoms with E-state index in [0.717, 1.165) is 5.56 Å². The number of hydrogen-bond acceptors (Lipinski definition) is 3. The molecular formula is C20H20ClN3O2. The molecule has 0 spiro atoms. The quantitative estimate of drug-likeness (QED) is 0.688. The van der Waals surface area contributed by atoms with E-state index in [9.17, 15) is 9.59 Å². The van der Waals surface area contributed by atoms with Crippen molar-refractivity contribution in [2.75, 3.05) is 6.54 Å². The smallest absolute Gasteiger partial charge is 0.275 e. The van der Waals surface area contributed by atoms with E-state index < -0.39 is 0 Å². The summed E-state index contributed by atoms with van der Waals surface area (Å²) in [6.07, 6.45) is 0. The van der Waals surface area contributed by atoms with Crippen LogP contribution in [0.4, 0.5) is 0 Å². The van der Waals surface area contributed by atoms with Crippen molar-refractivity contribution in [1.82, 2.24) is 14.7 Å². The van der Waals surface area contributed by atoms with E-state index in [-0.39, 0.29) is 17.2 Å². The Kier molecular flexibility index (Phi) is 5.38. The molecule has 1 aromatic heterocycles. The van der Waals surface area contributed by atoms with E-state index in [1.165, 1.54) is 4.68 Å². The first-order valence-electron chi connectivity index (χ1n) is 8.59. The molecule has 0 N–H and O–H groups in total. The van der Waals surface area contributed by atoms with Crippen molar-refractivity contribution in [3.63, 3.8) is 0 Å². The largest absolute Gasteiger partial charge is 0.333 e. The molecule has 0 aliphatic carbocycles. The highest BCUT2D eigenvalue weighted by molar-refractivity contribution is 6.31. The third-order valence-corrected chi connectivity index (χ3v) is 4.73. The molecule has 0 fully saturated rings. The van der Waals surface area contributed by atoms with Crippen molar-refractivity contribution in [2.45, 2.75) is 26.9 Å². The topological polar surface area (TPSA) is 55.2 Å². The lowest BCUT2D eigenvalue weighted by Gasteiger charge is -2.22. The zero-order valence-corrected chi connectivity index (χ0v) is 15.5. The summed E-state index contributed by atoms with van der Waals surface area (Å²) in [6.45, 7) is 5.04. The number of aromatic nitrogens is 2. The molecule has 1 heterocycles. The summed E-state index contributed by atoms with van der Waals surface area (Å²) < 4.78 is 1.33. The number of aryl methyl sites for hydroxylation is 1. The molecule has 1 amide bonds. The lowest BCUT2D eigenvalue weighted by atomic mass is 10.1. The number of fused-ring (bicyclic) bond motifs is 1. The second-order valence-corrected chi connectivity index (χ2v) is 6.33. The summed E-state index contributed by atoms with van der Waals surface area (Å²) in [4.78, 5) is 27.3. The van der Waals surface area contributed by atoms with Gasteiger partial charge in [-0.25, -0.2) is 4.68 Å². The minimum atomic E-state index is -0.217. The normalized spacial score (nSPS) is 10.9. The zero-order chi connectivity index (χ0) is 18.7. The first-order chi connectivity index (χ1) is 12.6. The number of carbonyl (C=O) groups is 1. The summed E-state index contributed by atoms with van der Waals surface area (Å²) in [7, 11) is 0. The maximum absolute atomic E-state index is 13.2. The maximum atomic E-state index is 13.2. The van der Waals surface area contributed by atoms with Crippen LogP contribution in [0.2, 0.25) is 5.02 Å². The Morgan fingerprint density at radius 1 is 1.08 bits per heavy atom. The molecule has 0 saturated heterocycles. The van der Waals surface area contributed by atoms with Crippen LogP contribution in [0.15, 0.2) is 53.3 Å². The lowest BCUT2D eigenvalue weighted by molar-refractivity contribution is 0.0746. The number of carbonyl (C=O) groups excluding carboxylic acids is 1. The van der Waals surface area contributed by atoms with Gasteiger partial charge in [0.2, 0.25) is 0 Å². The van der Waals surface area contributed by atoms with E-state index in [1.54, 1.807) is 35.2 Å². The van der Waals surface area contributed by atoms with Crippen molar-refractivity contribution in [3.05, 3.63) is 75.2 Å². The molecule has 2 aromatic carbocycles. The van der Waals surface area contributed by atoms with Gasteiger partial charge >= 0.3 is 0 Å². The van der Waals surface area contributed by atoms with Crippen LogP contribution in [0.25, 0.3) is 10.8 Å². The second kappa shape index (κ2) is 7.70. The highest BCUT2D eigenvalue weighted by atomic mass is 35.5. The van der Waals surface area contributed by atoms with Crippen molar-refractivity contribution < 1.29 is 4.79 Å². The Morgan fingerprint density at radius 2 is 1.73 bits per heavy atom. The SMILES string of the molecule is CCN(Cc1ccccc1Cl)C(=O)c1nn(CC)c(=O)c2ccccc12. The van der Waals surface area contributed by atoms with Crippen LogP contribution in [-0.2, 0) is 13.1 Å². The van der Waals surface area contributed by atoms with E-state index in [2.05, 4.69) is 5.10 Å². The molecule has 6 heteroatoms. The van der Waals surface area contributed by atoms with Gasteiger partial charge in [-0.15, -0.1) is 0 Å². The molecule has 0 aliphatic rings. The monoisotopic (exact) mass is 369 g/mol. The summed E-state index contributed by atoms with van der Waals surface area (Å²) in [5.74, 6) is -0.217. The second-order valence-electron chi connectivity index (χ2n) is 5.93. The van der Waals surface area contributed by atoms with Crippen LogP contribution in [0, 0.1) is 0 Å². The molecular weight excluding hydrogens is 350 g/mol. The van der Waals surface area contributed by atoms with Gasteiger partial charge in [-0.3, -0.25) is 9.59 Å². The number of benzene rings is 2. The fourth-order valence-corrected chi connectivity index (χ4v) is 3.11. The third kappa shape index (κ3) is 3.35. The third-order valence-electron chi connectivity index (χ3n) is 4.36. The fourth-order valence-electron chi connectivity index (χ4n) is 2.92. The molecule has 0 bridgehead atoms. The molecule has 3 rings (SSSR count). The van der Waals surface area contributed by atoms with E-state index in [4.69, 9.17) is 11.6 Å².